The number of rotatable bonds is 4. The lowest BCUT2D eigenvalue weighted by Crippen LogP contribution is -2.24. The summed E-state index contributed by atoms with van der Waals surface area (Å²) in [7, 11) is 0. The zero-order chi connectivity index (χ0) is 12.1. The van der Waals surface area contributed by atoms with E-state index < -0.39 is 0 Å². The summed E-state index contributed by atoms with van der Waals surface area (Å²) >= 11 is 3.63. The van der Waals surface area contributed by atoms with Crippen LogP contribution in [0.5, 0.6) is 0 Å². The fourth-order valence-electron chi connectivity index (χ4n) is 2.15. The summed E-state index contributed by atoms with van der Waals surface area (Å²) in [5, 5.41) is 3.53. The van der Waals surface area contributed by atoms with E-state index in [0.29, 0.717) is 0 Å². The molecule has 0 bridgehead atoms. The van der Waals surface area contributed by atoms with E-state index in [9.17, 15) is 0 Å². The lowest BCUT2D eigenvalue weighted by atomic mass is 9.95. The minimum Gasteiger partial charge on any atom is -0.501 e. The Kier molecular flexibility index (Phi) is 4.63. The van der Waals surface area contributed by atoms with Gasteiger partial charge in [0, 0.05) is 4.47 Å². The number of hydrogen-bond acceptors (Lipinski definition) is 2. The largest absolute Gasteiger partial charge is 0.501 e. The molecule has 2 nitrogen and oxygen atoms in total. The molecule has 0 spiro atoms. The van der Waals surface area contributed by atoms with Crippen LogP contribution in [0, 0.1) is 0 Å². The molecule has 3 heteroatoms. The van der Waals surface area contributed by atoms with Crippen LogP contribution in [0.1, 0.15) is 31.4 Å². The van der Waals surface area contributed by atoms with Gasteiger partial charge in [-0.25, -0.2) is 0 Å². The molecular weight excluding hydrogens is 278 g/mol. The predicted molar refractivity (Wildman–Crippen MR) is 73.8 cm³/mol. The van der Waals surface area contributed by atoms with E-state index >= 15 is 0 Å². The Labute approximate surface area is 111 Å². The summed E-state index contributed by atoms with van der Waals surface area (Å²) in [6.07, 6.45) is 4.15. The minimum absolute atomic E-state index is 0.260. The monoisotopic (exact) mass is 295 g/mol. The van der Waals surface area contributed by atoms with E-state index in [1.807, 2.05) is 12.3 Å². The first-order chi connectivity index (χ1) is 8.33. The van der Waals surface area contributed by atoms with Crippen molar-refractivity contribution in [1.29, 1.82) is 0 Å². The van der Waals surface area contributed by atoms with Gasteiger partial charge in [0.25, 0.3) is 0 Å². The molecule has 1 aromatic rings. The second-order valence-electron chi connectivity index (χ2n) is 4.18. The van der Waals surface area contributed by atoms with E-state index in [4.69, 9.17) is 4.74 Å². The van der Waals surface area contributed by atoms with Crippen LogP contribution in [0.4, 0.5) is 0 Å². The van der Waals surface area contributed by atoms with Gasteiger partial charge in [0.2, 0.25) is 0 Å². The van der Waals surface area contributed by atoms with Crippen molar-refractivity contribution in [2.45, 2.75) is 25.8 Å². The van der Waals surface area contributed by atoms with Crippen LogP contribution in [0.15, 0.2) is 40.6 Å². The summed E-state index contributed by atoms with van der Waals surface area (Å²) in [5.41, 5.74) is 2.62. The molecule has 0 saturated carbocycles. The summed E-state index contributed by atoms with van der Waals surface area (Å²) < 4.78 is 6.60. The highest BCUT2D eigenvalue weighted by Gasteiger charge is 2.19. The number of likely N-dealkylation sites (N-methyl/N-ethyl adjacent to an activating group) is 1. The number of halogens is 1. The second-order valence-corrected chi connectivity index (χ2v) is 5.03. The zero-order valence-corrected chi connectivity index (χ0v) is 11.7. The van der Waals surface area contributed by atoms with Gasteiger partial charge in [-0.05, 0) is 36.6 Å². The molecule has 0 saturated heterocycles. The summed E-state index contributed by atoms with van der Waals surface area (Å²) in [4.78, 5) is 0. The lowest BCUT2D eigenvalue weighted by Gasteiger charge is -2.25. The van der Waals surface area contributed by atoms with Crippen LogP contribution in [0.2, 0.25) is 0 Å². The Morgan fingerprint density at radius 2 is 2.24 bits per heavy atom. The average Bonchev–Trinajstić information content (AvgIpc) is 2.38. The Bertz CT molecular complexity index is 403. The van der Waals surface area contributed by atoms with E-state index in [2.05, 4.69) is 46.4 Å². The van der Waals surface area contributed by atoms with Crippen molar-refractivity contribution in [3.05, 3.63) is 46.1 Å². The third kappa shape index (κ3) is 3.11. The van der Waals surface area contributed by atoms with Crippen molar-refractivity contribution < 1.29 is 4.74 Å². The van der Waals surface area contributed by atoms with Gasteiger partial charge in [0.15, 0.2) is 0 Å². The van der Waals surface area contributed by atoms with Gasteiger partial charge >= 0.3 is 0 Å². The fourth-order valence-corrected chi connectivity index (χ4v) is 2.66. The highest BCUT2D eigenvalue weighted by atomic mass is 79.9. The quantitative estimate of drug-likeness (QED) is 0.912. The van der Waals surface area contributed by atoms with Crippen molar-refractivity contribution in [1.82, 2.24) is 5.32 Å². The third-order valence-electron chi connectivity index (χ3n) is 2.96. The van der Waals surface area contributed by atoms with Gasteiger partial charge in [-0.2, -0.15) is 0 Å². The van der Waals surface area contributed by atoms with Gasteiger partial charge in [-0.1, -0.05) is 41.1 Å². The fraction of sp³-hybridized carbons (Fsp3) is 0.429. The highest BCUT2D eigenvalue weighted by Crippen LogP contribution is 2.31. The Morgan fingerprint density at radius 3 is 2.88 bits per heavy atom. The van der Waals surface area contributed by atoms with Crippen LogP contribution >= 0.6 is 15.9 Å². The zero-order valence-electron chi connectivity index (χ0n) is 10.1. The number of benzene rings is 1. The molecule has 17 heavy (non-hydrogen) atoms. The average molecular weight is 296 g/mol. The first-order valence-electron chi connectivity index (χ1n) is 6.11. The maximum Gasteiger partial charge on any atom is 0.0876 e. The molecule has 0 aliphatic carbocycles. The molecule has 1 aliphatic rings. The Hall–Kier alpha value is -0.800. The van der Waals surface area contributed by atoms with E-state index in [1.165, 1.54) is 11.1 Å². The molecule has 2 rings (SSSR count). The smallest absolute Gasteiger partial charge is 0.0876 e. The van der Waals surface area contributed by atoms with Crippen molar-refractivity contribution in [3.8, 4) is 0 Å². The third-order valence-corrected chi connectivity index (χ3v) is 3.68. The van der Waals surface area contributed by atoms with Crippen LogP contribution in [0.25, 0.3) is 0 Å². The van der Waals surface area contributed by atoms with Crippen LogP contribution in [-0.4, -0.2) is 13.2 Å². The summed E-state index contributed by atoms with van der Waals surface area (Å²) in [5.74, 6) is 0. The molecule has 1 unspecified atom stereocenters. The van der Waals surface area contributed by atoms with Crippen molar-refractivity contribution >= 4 is 15.9 Å². The summed E-state index contributed by atoms with van der Waals surface area (Å²) in [6, 6.07) is 8.63. The highest BCUT2D eigenvalue weighted by molar-refractivity contribution is 9.10. The lowest BCUT2D eigenvalue weighted by molar-refractivity contribution is 0.219. The molecule has 0 radical (unpaired) electrons. The summed E-state index contributed by atoms with van der Waals surface area (Å²) in [6.45, 7) is 3.93. The predicted octanol–water partition coefficient (Wildman–Crippen LogP) is 3.79. The van der Waals surface area contributed by atoms with Crippen molar-refractivity contribution in [3.63, 3.8) is 0 Å². The maximum absolute atomic E-state index is 5.45. The van der Waals surface area contributed by atoms with Gasteiger partial charge in [0.1, 0.15) is 0 Å². The minimum atomic E-state index is 0.260. The van der Waals surface area contributed by atoms with E-state index in [0.717, 1.165) is 30.5 Å². The molecule has 0 fully saturated rings. The topological polar surface area (TPSA) is 21.3 Å². The van der Waals surface area contributed by atoms with E-state index in [1.54, 1.807) is 0 Å². The molecule has 92 valence electrons. The Morgan fingerprint density at radius 1 is 1.41 bits per heavy atom. The molecule has 0 amide bonds. The van der Waals surface area contributed by atoms with Gasteiger partial charge in [-0.3, -0.25) is 0 Å². The SMILES string of the molecule is CCNC(C1=COCCC1)c1ccccc1Br. The first-order valence-corrected chi connectivity index (χ1v) is 6.90. The van der Waals surface area contributed by atoms with Gasteiger partial charge in [-0.15, -0.1) is 0 Å². The standard InChI is InChI=1S/C14H18BrNO/c1-2-16-14(11-6-5-9-17-10-11)12-7-3-4-8-13(12)15/h3-4,7-8,10,14,16H,2,5-6,9H2,1H3. The van der Waals surface area contributed by atoms with E-state index in [-0.39, 0.29) is 6.04 Å². The molecule has 1 heterocycles. The van der Waals surface area contributed by atoms with Gasteiger partial charge in [0.05, 0.1) is 18.9 Å². The molecule has 0 aromatic heterocycles. The van der Waals surface area contributed by atoms with Gasteiger partial charge < -0.3 is 10.1 Å². The molecular formula is C14H18BrNO. The van der Waals surface area contributed by atoms with Crippen LogP contribution < -0.4 is 5.32 Å². The molecule has 1 aromatic carbocycles. The van der Waals surface area contributed by atoms with Crippen molar-refractivity contribution in [2.75, 3.05) is 13.2 Å². The number of nitrogens with one attached hydrogen (secondary N) is 1. The molecule has 1 aliphatic heterocycles. The van der Waals surface area contributed by atoms with Crippen molar-refractivity contribution in [2.24, 2.45) is 0 Å². The second kappa shape index (κ2) is 6.22. The maximum atomic E-state index is 5.45. The normalized spacial score (nSPS) is 17.2. The number of hydrogen-bond donors (Lipinski definition) is 1. The van der Waals surface area contributed by atoms with Crippen LogP contribution in [-0.2, 0) is 4.74 Å². The number of ether oxygens (including phenoxy) is 1. The first kappa shape index (κ1) is 12.7. The van der Waals surface area contributed by atoms with Crippen LogP contribution in [0.3, 0.4) is 0 Å². The molecule has 1 N–H and O–H groups in total. The Balaban J connectivity index is 2.28. The molecule has 1 atom stereocenters.